The van der Waals surface area contributed by atoms with E-state index in [0.29, 0.717) is 34.9 Å². The zero-order valence-corrected chi connectivity index (χ0v) is 36.4. The molecule has 0 aliphatic heterocycles. The summed E-state index contributed by atoms with van der Waals surface area (Å²) >= 11 is 0. The summed E-state index contributed by atoms with van der Waals surface area (Å²) in [5.74, 6) is 3.84. The van der Waals surface area contributed by atoms with Crippen molar-refractivity contribution in [2.45, 2.75) is 27.7 Å². The van der Waals surface area contributed by atoms with Gasteiger partial charge in [0.1, 0.15) is 11.2 Å². The molecule has 310 valence electrons. The number of rotatable bonds is 8. The van der Waals surface area contributed by atoms with E-state index in [9.17, 15) is 0 Å². The topological polar surface area (TPSA) is 90.5 Å². The van der Waals surface area contributed by atoms with Crippen LogP contribution in [0.5, 0.6) is 0 Å². The fourth-order valence-electron chi connectivity index (χ4n) is 8.60. The average Bonchev–Trinajstić information content (AvgIpc) is 3.72. The van der Waals surface area contributed by atoms with Crippen LogP contribution in [-0.2, 0) is 0 Å². The standard InChI is InChI=1S/C58H42N6O/c1-35-15-5-9-23-45(35)55-59-53(60-56(63-55)46-24-10-6-16-36(46)2)43-21-13-19-39(31-43)41-27-29-51-49(33-41)50-34-42(28-30-52(50)65-51)40-20-14-22-44(32-40)54-61-57(47-25-11-7-17-37(47)3)64-58(62-54)48-26-12-8-18-38(48)4/h5-34H,1-4H3. The van der Waals surface area contributed by atoms with Gasteiger partial charge in [-0.05, 0) is 109 Å². The van der Waals surface area contributed by atoms with Crippen molar-refractivity contribution in [3.63, 3.8) is 0 Å². The van der Waals surface area contributed by atoms with Gasteiger partial charge in [-0.3, -0.25) is 0 Å². The highest BCUT2D eigenvalue weighted by atomic mass is 16.3. The van der Waals surface area contributed by atoms with Crippen molar-refractivity contribution in [3.05, 3.63) is 204 Å². The van der Waals surface area contributed by atoms with Crippen LogP contribution < -0.4 is 0 Å². The van der Waals surface area contributed by atoms with Gasteiger partial charge in [0.05, 0.1) is 0 Å². The van der Waals surface area contributed by atoms with E-state index in [4.69, 9.17) is 34.3 Å². The maximum atomic E-state index is 6.43. The minimum Gasteiger partial charge on any atom is -0.456 e. The second-order valence-electron chi connectivity index (χ2n) is 16.6. The van der Waals surface area contributed by atoms with E-state index in [-0.39, 0.29) is 0 Å². The molecule has 0 saturated carbocycles. The Hall–Kier alpha value is -8.42. The molecule has 0 atom stereocenters. The van der Waals surface area contributed by atoms with Crippen molar-refractivity contribution in [2.24, 2.45) is 0 Å². The van der Waals surface area contributed by atoms with Gasteiger partial charge in [-0.1, -0.05) is 146 Å². The number of hydrogen-bond acceptors (Lipinski definition) is 7. The number of hydrogen-bond donors (Lipinski definition) is 0. The first kappa shape index (κ1) is 39.4. The summed E-state index contributed by atoms with van der Waals surface area (Å²) in [6.45, 7) is 8.35. The Kier molecular flexibility index (Phi) is 9.93. The summed E-state index contributed by atoms with van der Waals surface area (Å²) in [5.41, 5.74) is 16.0. The monoisotopic (exact) mass is 838 g/mol. The summed E-state index contributed by atoms with van der Waals surface area (Å²) in [4.78, 5) is 30.3. The quantitative estimate of drug-likeness (QED) is 0.150. The number of nitrogens with zero attached hydrogens (tertiary/aromatic N) is 6. The molecule has 0 spiro atoms. The molecule has 0 amide bonds. The van der Waals surface area contributed by atoms with Gasteiger partial charge in [-0.25, -0.2) is 29.9 Å². The lowest BCUT2D eigenvalue weighted by molar-refractivity contribution is 0.669. The van der Waals surface area contributed by atoms with Crippen molar-refractivity contribution in [2.75, 3.05) is 0 Å². The second kappa shape index (κ2) is 16.4. The van der Waals surface area contributed by atoms with E-state index < -0.39 is 0 Å². The van der Waals surface area contributed by atoms with Gasteiger partial charge in [0.25, 0.3) is 0 Å². The molecule has 3 heterocycles. The van der Waals surface area contributed by atoms with E-state index in [0.717, 1.165) is 99.8 Å². The fourth-order valence-corrected chi connectivity index (χ4v) is 8.60. The van der Waals surface area contributed by atoms with E-state index in [1.54, 1.807) is 0 Å². The van der Waals surface area contributed by atoms with Gasteiger partial charge >= 0.3 is 0 Å². The highest BCUT2D eigenvalue weighted by molar-refractivity contribution is 6.07. The predicted molar refractivity (Wildman–Crippen MR) is 263 cm³/mol. The van der Waals surface area contributed by atoms with Crippen LogP contribution in [0.2, 0.25) is 0 Å². The Labute approximate surface area is 377 Å². The minimum absolute atomic E-state index is 0.620. The van der Waals surface area contributed by atoms with Gasteiger partial charge < -0.3 is 4.42 Å². The molecule has 0 aliphatic rings. The molecule has 65 heavy (non-hydrogen) atoms. The van der Waals surface area contributed by atoms with Crippen LogP contribution in [0.4, 0.5) is 0 Å². The zero-order chi connectivity index (χ0) is 44.0. The van der Waals surface area contributed by atoms with Crippen LogP contribution in [0, 0.1) is 27.7 Å². The van der Waals surface area contributed by atoms with E-state index in [1.165, 1.54) is 0 Å². The van der Waals surface area contributed by atoms with Crippen LogP contribution >= 0.6 is 0 Å². The SMILES string of the molecule is Cc1ccccc1-c1nc(-c2cccc(-c3ccc4oc5ccc(-c6cccc(-c7nc(-c8ccccc8C)nc(-c8ccccc8C)n7)c6)cc5c4c3)c2)nc(-c2ccccc2C)n1. The molecule has 0 aliphatic carbocycles. The lowest BCUT2D eigenvalue weighted by Crippen LogP contribution is -2.02. The van der Waals surface area contributed by atoms with Crippen molar-refractivity contribution >= 4 is 21.9 Å². The smallest absolute Gasteiger partial charge is 0.164 e. The molecule has 7 heteroatoms. The third kappa shape index (κ3) is 7.53. The minimum atomic E-state index is 0.620. The van der Waals surface area contributed by atoms with E-state index >= 15 is 0 Å². The van der Waals surface area contributed by atoms with Gasteiger partial charge in [-0.15, -0.1) is 0 Å². The number of aryl methyl sites for hydroxylation is 4. The first-order valence-electron chi connectivity index (χ1n) is 21.8. The Balaban J connectivity index is 0.973. The third-order valence-electron chi connectivity index (χ3n) is 12.2. The Morgan fingerprint density at radius 3 is 0.892 bits per heavy atom. The molecule has 8 aromatic carbocycles. The molecule has 0 N–H and O–H groups in total. The van der Waals surface area contributed by atoms with Crippen LogP contribution in [0.1, 0.15) is 22.3 Å². The summed E-state index contributed by atoms with van der Waals surface area (Å²) in [6.07, 6.45) is 0. The van der Waals surface area contributed by atoms with E-state index in [2.05, 4.69) is 161 Å². The van der Waals surface area contributed by atoms with Gasteiger partial charge in [0.15, 0.2) is 34.9 Å². The highest BCUT2D eigenvalue weighted by Gasteiger charge is 2.18. The molecule has 7 nitrogen and oxygen atoms in total. The van der Waals surface area contributed by atoms with Crippen molar-refractivity contribution in [3.8, 4) is 90.6 Å². The Morgan fingerprint density at radius 2 is 0.554 bits per heavy atom. The largest absolute Gasteiger partial charge is 0.456 e. The van der Waals surface area contributed by atoms with E-state index in [1.807, 2.05) is 48.5 Å². The maximum absolute atomic E-state index is 6.43. The van der Waals surface area contributed by atoms with Crippen molar-refractivity contribution in [1.29, 1.82) is 0 Å². The molecule has 0 saturated heterocycles. The van der Waals surface area contributed by atoms with Crippen LogP contribution in [0.25, 0.3) is 113 Å². The molecule has 0 radical (unpaired) electrons. The van der Waals surface area contributed by atoms with Gasteiger partial charge in [-0.2, -0.15) is 0 Å². The number of benzene rings is 8. The number of fused-ring (bicyclic) bond motifs is 3. The summed E-state index contributed by atoms with van der Waals surface area (Å²) in [6, 6.07) is 62.5. The first-order valence-corrected chi connectivity index (χ1v) is 21.8. The second-order valence-corrected chi connectivity index (χ2v) is 16.6. The summed E-state index contributed by atoms with van der Waals surface area (Å²) < 4.78 is 6.43. The van der Waals surface area contributed by atoms with Crippen LogP contribution in [0.15, 0.2) is 186 Å². The lowest BCUT2D eigenvalue weighted by Gasteiger charge is -2.12. The number of furan rings is 1. The highest BCUT2D eigenvalue weighted by Crippen LogP contribution is 2.37. The van der Waals surface area contributed by atoms with Gasteiger partial charge in [0, 0.05) is 44.2 Å². The molecular weight excluding hydrogens is 797 g/mol. The summed E-state index contributed by atoms with van der Waals surface area (Å²) in [5, 5.41) is 2.07. The van der Waals surface area contributed by atoms with Crippen LogP contribution in [-0.4, -0.2) is 29.9 Å². The fraction of sp³-hybridized carbons (Fsp3) is 0.0690. The normalized spacial score (nSPS) is 11.4. The van der Waals surface area contributed by atoms with Gasteiger partial charge in [0.2, 0.25) is 0 Å². The summed E-state index contributed by atoms with van der Waals surface area (Å²) in [7, 11) is 0. The van der Waals surface area contributed by atoms with Crippen LogP contribution in [0.3, 0.4) is 0 Å². The Morgan fingerprint density at radius 1 is 0.262 bits per heavy atom. The molecule has 3 aromatic heterocycles. The molecule has 11 rings (SSSR count). The molecular formula is C58H42N6O. The predicted octanol–water partition coefficient (Wildman–Crippen LogP) is 14.5. The van der Waals surface area contributed by atoms with Crippen molar-refractivity contribution < 1.29 is 4.42 Å². The lowest BCUT2D eigenvalue weighted by atomic mass is 9.98. The molecule has 0 unspecified atom stereocenters. The molecule has 11 aromatic rings. The van der Waals surface area contributed by atoms with Crippen molar-refractivity contribution in [1.82, 2.24) is 29.9 Å². The molecule has 0 fully saturated rings. The first-order chi connectivity index (χ1) is 31.8. The maximum Gasteiger partial charge on any atom is 0.164 e. The third-order valence-corrected chi connectivity index (χ3v) is 12.2. The number of aromatic nitrogens is 6. The molecule has 0 bridgehead atoms. The zero-order valence-electron chi connectivity index (χ0n) is 36.4. The Bertz CT molecular complexity index is 3260. The average molecular weight is 839 g/mol.